The van der Waals surface area contributed by atoms with Crippen molar-refractivity contribution in [1.29, 1.82) is 0 Å². The monoisotopic (exact) mass is 524 g/mol. The van der Waals surface area contributed by atoms with Gasteiger partial charge in [-0.05, 0) is 0 Å². The van der Waals surface area contributed by atoms with Crippen molar-refractivity contribution in [3.8, 4) is 18.9 Å². The van der Waals surface area contributed by atoms with Crippen LogP contribution in [-0.4, -0.2) is 49.5 Å². The Hall–Kier alpha value is 1.09. The van der Waals surface area contributed by atoms with Crippen molar-refractivity contribution in [1.82, 2.24) is 0 Å². The van der Waals surface area contributed by atoms with Crippen LogP contribution in [0.2, 0.25) is 0 Å². The molecule has 0 spiro atoms. The van der Waals surface area contributed by atoms with Crippen molar-refractivity contribution in [2.45, 2.75) is 0 Å². The van der Waals surface area contributed by atoms with E-state index in [4.69, 9.17) is 33.2 Å². The third-order valence-corrected chi connectivity index (χ3v) is 12.4. The van der Waals surface area contributed by atoms with E-state index in [0.717, 1.165) is 5.19 Å². The summed E-state index contributed by atoms with van der Waals surface area (Å²) in [7, 11) is 0. The third kappa shape index (κ3) is 3.15. The molecule has 3 aromatic heterocycles. The minimum atomic E-state index is -2.81. The van der Waals surface area contributed by atoms with Crippen molar-refractivity contribution >= 4 is 87.9 Å². The first-order chi connectivity index (χ1) is 9.07. The van der Waals surface area contributed by atoms with Gasteiger partial charge in [-0.1, -0.05) is 0 Å². The van der Waals surface area contributed by atoms with Crippen LogP contribution in [0.5, 0.6) is 0 Å². The molecule has 0 amide bonds. The second kappa shape index (κ2) is 6.06. The molecule has 19 heavy (non-hydrogen) atoms. The molecule has 0 aliphatic carbocycles. The number of hydrogen-bond acceptors (Lipinski definition) is 0. The van der Waals surface area contributed by atoms with E-state index in [0.29, 0.717) is 43.5 Å². The summed E-state index contributed by atoms with van der Waals surface area (Å²) in [5.41, 5.74) is 1.27. The van der Waals surface area contributed by atoms with Gasteiger partial charge in [0.1, 0.15) is 0 Å². The summed E-state index contributed by atoms with van der Waals surface area (Å²) in [5.74, 6) is 0. The second-order valence-electron chi connectivity index (χ2n) is 3.81. The van der Waals surface area contributed by atoms with Gasteiger partial charge < -0.3 is 0 Å². The minimum absolute atomic E-state index is 0.306. The summed E-state index contributed by atoms with van der Waals surface area (Å²) in [6.07, 6.45) is 0. The molecular weight excluding hydrogens is 515 g/mol. The molecule has 3 heterocycles. The Balaban J connectivity index is 2.25. The quantitative estimate of drug-likeness (QED) is 0.367. The van der Waals surface area contributed by atoms with Gasteiger partial charge in [0.15, 0.2) is 0 Å². The maximum absolute atomic E-state index is 6.29. The molecule has 0 bridgehead atoms. The van der Waals surface area contributed by atoms with Crippen LogP contribution in [0.3, 0.4) is 0 Å². The van der Waals surface area contributed by atoms with E-state index < -0.39 is 6.00 Å². The summed E-state index contributed by atoms with van der Waals surface area (Å²) in [4.78, 5) is 6.67. The fraction of sp³-hybridized carbons (Fsp3) is 0. The Morgan fingerprint density at radius 1 is 0.842 bits per heavy atom. The third-order valence-electron chi connectivity index (χ3n) is 2.61. The topological polar surface area (TPSA) is 0 Å². The van der Waals surface area contributed by atoms with Crippen LogP contribution in [0.1, 0.15) is 0 Å². The molecule has 0 aliphatic rings. The molecule has 0 aliphatic heterocycles. The Bertz CT molecular complexity index is 666. The van der Waals surface area contributed by atoms with Crippen LogP contribution >= 0.6 is 33.2 Å². The van der Waals surface area contributed by atoms with Crippen LogP contribution in [0.4, 0.5) is 0 Å². The molecule has 0 radical (unpaired) electrons. The van der Waals surface area contributed by atoms with Crippen molar-refractivity contribution < 1.29 is 0 Å². The SMILES string of the molecule is Cl[Si](Cl)(Cl)c1c[se]c(-c2ccc[se]2)c1-c1ccc[se]1. The average Bonchev–Trinajstić information content (AvgIpc) is 3.09. The van der Waals surface area contributed by atoms with E-state index >= 15 is 0 Å². The fourth-order valence-corrected chi connectivity index (χ4v) is 13.3. The predicted octanol–water partition coefficient (Wildman–Crippen LogP) is 3.05. The van der Waals surface area contributed by atoms with Crippen molar-refractivity contribution in [2.75, 3.05) is 0 Å². The Morgan fingerprint density at radius 2 is 1.47 bits per heavy atom. The fourth-order valence-electron chi connectivity index (χ4n) is 1.82. The van der Waals surface area contributed by atoms with Gasteiger partial charge in [0.05, 0.1) is 0 Å². The van der Waals surface area contributed by atoms with Crippen molar-refractivity contribution in [3.05, 3.63) is 39.1 Å². The summed E-state index contributed by atoms with van der Waals surface area (Å²) in [6.45, 7) is 0. The first kappa shape index (κ1) is 15.0. The van der Waals surface area contributed by atoms with Gasteiger partial charge in [0.2, 0.25) is 0 Å². The predicted molar refractivity (Wildman–Crippen MR) is 91.1 cm³/mol. The van der Waals surface area contributed by atoms with Crippen LogP contribution in [-0.2, 0) is 0 Å². The van der Waals surface area contributed by atoms with Gasteiger partial charge in [-0.2, -0.15) is 0 Å². The zero-order valence-electron chi connectivity index (χ0n) is 9.40. The second-order valence-corrected chi connectivity index (χ2v) is 18.0. The first-order valence-corrected chi connectivity index (χ1v) is 15.9. The maximum atomic E-state index is 6.29. The van der Waals surface area contributed by atoms with Gasteiger partial charge in [0, 0.05) is 0 Å². The molecule has 0 atom stereocenters. The average molecular weight is 523 g/mol. The standard InChI is InChI=1S/C12H7Cl3Se3Si/c13-19(14,15)10-7-18-12(9-4-2-6-17-9)11(10)8-3-1-5-16-8/h1-7H. The van der Waals surface area contributed by atoms with E-state index in [2.05, 4.69) is 39.1 Å². The molecule has 0 saturated heterocycles. The Morgan fingerprint density at radius 3 is 2.00 bits per heavy atom. The summed E-state index contributed by atoms with van der Waals surface area (Å²) < 4.78 is 4.28. The van der Waals surface area contributed by atoms with E-state index in [1.807, 2.05) is 0 Å². The molecule has 98 valence electrons. The molecule has 7 heteroatoms. The number of hydrogen-bond donors (Lipinski definition) is 0. The summed E-state index contributed by atoms with van der Waals surface area (Å²) >= 11 is 20.0. The Kier molecular flexibility index (Phi) is 4.79. The number of rotatable bonds is 3. The van der Waals surface area contributed by atoms with Gasteiger partial charge in [-0.15, -0.1) is 0 Å². The van der Waals surface area contributed by atoms with E-state index in [9.17, 15) is 0 Å². The van der Waals surface area contributed by atoms with Crippen molar-refractivity contribution in [2.24, 2.45) is 0 Å². The van der Waals surface area contributed by atoms with Gasteiger partial charge in [-0.3, -0.25) is 0 Å². The van der Waals surface area contributed by atoms with Gasteiger partial charge in [0.25, 0.3) is 0 Å². The molecule has 0 N–H and O–H groups in total. The van der Waals surface area contributed by atoms with Gasteiger partial charge >= 0.3 is 146 Å². The van der Waals surface area contributed by atoms with Crippen molar-refractivity contribution in [3.63, 3.8) is 0 Å². The normalized spacial score (nSPS) is 11.9. The van der Waals surface area contributed by atoms with E-state index in [1.54, 1.807) is 0 Å². The molecule has 3 rings (SSSR count). The van der Waals surface area contributed by atoms with Crippen LogP contribution < -0.4 is 5.19 Å². The zero-order valence-corrected chi connectivity index (χ0v) is 17.8. The van der Waals surface area contributed by atoms with Gasteiger partial charge in [-0.25, -0.2) is 0 Å². The molecule has 0 unspecified atom stereocenters. The first-order valence-electron chi connectivity index (χ1n) is 5.34. The van der Waals surface area contributed by atoms with E-state index in [1.165, 1.54) is 18.9 Å². The molecule has 0 saturated carbocycles. The summed E-state index contributed by atoms with van der Waals surface area (Å²) in [6, 6.07) is 5.87. The summed E-state index contributed by atoms with van der Waals surface area (Å²) in [5, 5.41) is 1.02. The molecule has 3 aromatic rings. The number of halogens is 3. The van der Waals surface area contributed by atoms with Crippen LogP contribution in [0, 0.1) is 0 Å². The molecule has 0 fully saturated rings. The molecule has 0 aromatic carbocycles. The zero-order chi connectivity index (χ0) is 13.5. The Labute approximate surface area is 144 Å². The van der Waals surface area contributed by atoms with E-state index in [-0.39, 0.29) is 0 Å². The molecular formula is C12H7Cl3Se3Si. The van der Waals surface area contributed by atoms with Crippen LogP contribution in [0.15, 0.2) is 39.1 Å². The molecule has 0 nitrogen and oxygen atoms in total. The van der Waals surface area contributed by atoms with Crippen LogP contribution in [0.25, 0.3) is 18.9 Å².